The van der Waals surface area contributed by atoms with E-state index >= 15 is 0 Å². The predicted octanol–water partition coefficient (Wildman–Crippen LogP) is 2.65. The van der Waals surface area contributed by atoms with Gasteiger partial charge in [0, 0.05) is 43.2 Å². The van der Waals surface area contributed by atoms with Crippen LogP contribution in [0.15, 0.2) is 36.7 Å². The molecule has 4 heteroatoms. The lowest BCUT2D eigenvalue weighted by Crippen LogP contribution is -2.22. The van der Waals surface area contributed by atoms with Gasteiger partial charge < -0.3 is 5.11 Å². The summed E-state index contributed by atoms with van der Waals surface area (Å²) in [6.45, 7) is 5.20. The Kier molecular flexibility index (Phi) is 3.87. The highest BCUT2D eigenvalue weighted by Crippen LogP contribution is 2.38. The van der Waals surface area contributed by atoms with Crippen LogP contribution >= 0.6 is 0 Å². The zero-order chi connectivity index (χ0) is 15.8. The van der Waals surface area contributed by atoms with Crippen LogP contribution in [-0.2, 0) is 6.54 Å². The first-order valence-corrected chi connectivity index (χ1v) is 8.46. The van der Waals surface area contributed by atoms with E-state index in [0.29, 0.717) is 11.8 Å². The van der Waals surface area contributed by atoms with Crippen molar-refractivity contribution in [3.05, 3.63) is 47.8 Å². The van der Waals surface area contributed by atoms with Crippen molar-refractivity contribution in [3.8, 4) is 11.4 Å². The lowest BCUT2D eigenvalue weighted by atomic mass is 10.0. The molecule has 1 unspecified atom stereocenters. The third-order valence-electron chi connectivity index (χ3n) is 5.30. The molecular weight excluding hydrogens is 286 g/mol. The molecule has 1 saturated carbocycles. The van der Waals surface area contributed by atoms with Crippen molar-refractivity contribution in [3.63, 3.8) is 0 Å². The number of benzene rings is 1. The van der Waals surface area contributed by atoms with Gasteiger partial charge in [0.25, 0.3) is 0 Å². The normalized spacial score (nSPS) is 27.3. The molecule has 0 spiro atoms. The van der Waals surface area contributed by atoms with Crippen LogP contribution in [0.5, 0.6) is 0 Å². The highest BCUT2D eigenvalue weighted by atomic mass is 16.3. The van der Waals surface area contributed by atoms with Gasteiger partial charge >= 0.3 is 0 Å². The van der Waals surface area contributed by atoms with E-state index in [2.05, 4.69) is 33.9 Å². The lowest BCUT2D eigenvalue weighted by molar-refractivity contribution is 0.161. The van der Waals surface area contributed by atoms with Gasteiger partial charge in [-0.15, -0.1) is 0 Å². The van der Waals surface area contributed by atoms with Crippen LogP contribution in [-0.4, -0.2) is 39.2 Å². The number of aryl methyl sites for hydroxylation is 1. The maximum Gasteiger partial charge on any atom is 0.159 e. The molecule has 1 N–H and O–H groups in total. The molecular formula is C19H23N3O. The Bertz CT molecular complexity index is 671. The van der Waals surface area contributed by atoms with Crippen LogP contribution in [0.25, 0.3) is 11.4 Å². The predicted molar refractivity (Wildman–Crippen MR) is 89.7 cm³/mol. The highest BCUT2D eigenvalue weighted by Gasteiger charge is 2.39. The largest absolute Gasteiger partial charge is 0.393 e. The van der Waals surface area contributed by atoms with Crippen LogP contribution in [0.4, 0.5) is 0 Å². The fourth-order valence-electron chi connectivity index (χ4n) is 4.15. The number of aliphatic hydroxyl groups excluding tert-OH is 1. The summed E-state index contributed by atoms with van der Waals surface area (Å²) in [5, 5.41) is 9.73. The number of rotatable bonds is 3. The van der Waals surface area contributed by atoms with E-state index in [-0.39, 0.29) is 6.10 Å². The summed E-state index contributed by atoms with van der Waals surface area (Å²) in [5.41, 5.74) is 3.47. The molecule has 2 aromatic rings. The van der Waals surface area contributed by atoms with E-state index in [1.165, 1.54) is 11.1 Å². The summed E-state index contributed by atoms with van der Waals surface area (Å²) in [5.74, 6) is 2.16. The van der Waals surface area contributed by atoms with Gasteiger partial charge in [-0.2, -0.15) is 0 Å². The molecule has 0 radical (unpaired) electrons. The topological polar surface area (TPSA) is 49.2 Å². The fraction of sp³-hybridized carbons (Fsp3) is 0.474. The summed E-state index contributed by atoms with van der Waals surface area (Å²) >= 11 is 0. The number of hydrogen-bond donors (Lipinski definition) is 1. The van der Waals surface area contributed by atoms with Gasteiger partial charge in [-0.1, -0.05) is 24.3 Å². The van der Waals surface area contributed by atoms with Gasteiger partial charge in [-0.3, -0.25) is 4.90 Å². The van der Waals surface area contributed by atoms with Gasteiger partial charge in [-0.25, -0.2) is 9.97 Å². The number of likely N-dealkylation sites (tertiary alicyclic amines) is 1. The van der Waals surface area contributed by atoms with Crippen molar-refractivity contribution in [1.29, 1.82) is 0 Å². The molecule has 4 rings (SSSR count). The summed E-state index contributed by atoms with van der Waals surface area (Å²) in [6, 6.07) is 8.22. The van der Waals surface area contributed by atoms with Crippen LogP contribution < -0.4 is 0 Å². The van der Waals surface area contributed by atoms with Gasteiger partial charge in [0.2, 0.25) is 0 Å². The molecule has 2 fully saturated rings. The van der Waals surface area contributed by atoms with Crippen molar-refractivity contribution < 1.29 is 5.11 Å². The first-order valence-electron chi connectivity index (χ1n) is 8.46. The average Bonchev–Trinajstić information content (AvgIpc) is 3.05. The fourth-order valence-corrected chi connectivity index (χ4v) is 4.15. The van der Waals surface area contributed by atoms with E-state index < -0.39 is 0 Å². The molecule has 0 amide bonds. The molecule has 2 heterocycles. The van der Waals surface area contributed by atoms with Crippen molar-refractivity contribution in [2.75, 3.05) is 13.1 Å². The Morgan fingerprint density at radius 3 is 2.39 bits per heavy atom. The molecule has 0 bridgehead atoms. The quantitative estimate of drug-likeness (QED) is 0.947. The standard InChI is InChI=1S/C19H23N3O/c1-13-4-2-3-5-18(13)19-20-8-14(9-21-19)10-22-11-15-6-17(23)7-16(15)12-22/h2-5,8-9,15-17,23H,6-7,10-12H2,1H3/t15-,16+,17?. The van der Waals surface area contributed by atoms with E-state index in [1.807, 2.05) is 24.5 Å². The number of nitrogens with zero attached hydrogens (tertiary/aromatic N) is 3. The van der Waals surface area contributed by atoms with Crippen molar-refractivity contribution >= 4 is 0 Å². The van der Waals surface area contributed by atoms with Crippen LogP contribution in [0.1, 0.15) is 24.0 Å². The minimum atomic E-state index is -0.0659. The second kappa shape index (κ2) is 6.02. The number of fused-ring (bicyclic) bond motifs is 1. The van der Waals surface area contributed by atoms with E-state index in [4.69, 9.17) is 0 Å². The first kappa shape index (κ1) is 14.8. The van der Waals surface area contributed by atoms with Gasteiger partial charge in [0.05, 0.1) is 6.10 Å². The third kappa shape index (κ3) is 3.01. The maximum absolute atomic E-state index is 9.73. The Morgan fingerprint density at radius 1 is 1.09 bits per heavy atom. The Balaban J connectivity index is 1.43. The summed E-state index contributed by atoms with van der Waals surface area (Å²) in [4.78, 5) is 11.6. The summed E-state index contributed by atoms with van der Waals surface area (Å²) in [7, 11) is 0. The number of aliphatic hydroxyl groups is 1. The van der Waals surface area contributed by atoms with Crippen molar-refractivity contribution in [1.82, 2.24) is 14.9 Å². The second-order valence-electron chi connectivity index (χ2n) is 7.07. The Morgan fingerprint density at radius 2 is 1.74 bits per heavy atom. The number of aromatic nitrogens is 2. The smallest absolute Gasteiger partial charge is 0.159 e. The molecule has 1 saturated heterocycles. The Hall–Kier alpha value is -1.78. The lowest BCUT2D eigenvalue weighted by Gasteiger charge is -2.17. The minimum Gasteiger partial charge on any atom is -0.393 e. The molecule has 120 valence electrons. The molecule has 1 aromatic heterocycles. The number of hydrogen-bond acceptors (Lipinski definition) is 4. The first-order chi connectivity index (χ1) is 11.2. The Labute approximate surface area is 137 Å². The average molecular weight is 309 g/mol. The highest BCUT2D eigenvalue weighted by molar-refractivity contribution is 5.59. The van der Waals surface area contributed by atoms with E-state index in [0.717, 1.165) is 43.9 Å². The summed E-state index contributed by atoms with van der Waals surface area (Å²) < 4.78 is 0. The minimum absolute atomic E-state index is 0.0659. The van der Waals surface area contributed by atoms with Gasteiger partial charge in [-0.05, 0) is 37.2 Å². The maximum atomic E-state index is 9.73. The zero-order valence-electron chi connectivity index (χ0n) is 13.5. The molecule has 23 heavy (non-hydrogen) atoms. The van der Waals surface area contributed by atoms with E-state index in [9.17, 15) is 5.11 Å². The van der Waals surface area contributed by atoms with Crippen LogP contribution in [0, 0.1) is 18.8 Å². The van der Waals surface area contributed by atoms with Gasteiger partial charge in [0.15, 0.2) is 5.82 Å². The van der Waals surface area contributed by atoms with Gasteiger partial charge in [0.1, 0.15) is 0 Å². The van der Waals surface area contributed by atoms with Crippen LogP contribution in [0.3, 0.4) is 0 Å². The third-order valence-corrected chi connectivity index (χ3v) is 5.30. The van der Waals surface area contributed by atoms with Crippen LogP contribution in [0.2, 0.25) is 0 Å². The van der Waals surface area contributed by atoms with Crippen molar-refractivity contribution in [2.24, 2.45) is 11.8 Å². The molecule has 2 aliphatic rings. The van der Waals surface area contributed by atoms with E-state index in [1.54, 1.807) is 0 Å². The monoisotopic (exact) mass is 309 g/mol. The second-order valence-corrected chi connectivity index (χ2v) is 7.07. The molecule has 3 atom stereocenters. The molecule has 4 nitrogen and oxygen atoms in total. The van der Waals surface area contributed by atoms with Crippen molar-refractivity contribution in [2.45, 2.75) is 32.4 Å². The molecule has 1 aromatic carbocycles. The zero-order valence-corrected chi connectivity index (χ0v) is 13.5. The molecule has 1 aliphatic heterocycles. The molecule has 1 aliphatic carbocycles. The SMILES string of the molecule is Cc1ccccc1-c1ncc(CN2C[C@H]3CC(O)C[C@H]3C2)cn1. The summed E-state index contributed by atoms with van der Waals surface area (Å²) in [6.07, 6.45) is 5.80.